The summed E-state index contributed by atoms with van der Waals surface area (Å²) in [7, 11) is -3.98. The average molecular weight is 444 g/mol. The van der Waals surface area contributed by atoms with E-state index in [-0.39, 0.29) is 21.3 Å². The molecule has 3 aromatic carbocycles. The van der Waals surface area contributed by atoms with Crippen LogP contribution in [0.15, 0.2) is 71.6 Å². The lowest BCUT2D eigenvalue weighted by atomic mass is 10.0. The van der Waals surface area contributed by atoms with Gasteiger partial charge in [0.05, 0.1) is 26.2 Å². The van der Waals surface area contributed by atoms with Crippen LogP contribution in [0, 0.1) is 10.1 Å². The van der Waals surface area contributed by atoms with Crippen LogP contribution in [0.4, 0.5) is 17.1 Å². The van der Waals surface area contributed by atoms with Gasteiger partial charge in [-0.3, -0.25) is 19.2 Å². The smallest absolute Gasteiger partial charge is 0.271 e. The van der Waals surface area contributed by atoms with E-state index >= 15 is 0 Å². The number of carbonyl (C=O) groups is 1. The van der Waals surface area contributed by atoms with Gasteiger partial charge in [0.25, 0.3) is 15.7 Å². The molecular formula is C20H14ClN3O5S. The second-order valence-corrected chi connectivity index (χ2v) is 8.73. The molecule has 0 bridgehead atoms. The number of anilines is 2. The van der Waals surface area contributed by atoms with Crippen molar-refractivity contribution in [2.45, 2.75) is 4.90 Å². The van der Waals surface area contributed by atoms with Crippen molar-refractivity contribution in [2.75, 3.05) is 16.2 Å². The van der Waals surface area contributed by atoms with Gasteiger partial charge in [0.1, 0.15) is 6.54 Å². The van der Waals surface area contributed by atoms with Crippen LogP contribution in [0.3, 0.4) is 0 Å². The summed E-state index contributed by atoms with van der Waals surface area (Å²) in [6, 6.07) is 17.1. The first-order valence-electron chi connectivity index (χ1n) is 8.74. The van der Waals surface area contributed by atoms with E-state index in [2.05, 4.69) is 5.32 Å². The molecule has 1 heterocycles. The van der Waals surface area contributed by atoms with Gasteiger partial charge in [-0.15, -0.1) is 0 Å². The number of benzene rings is 3. The number of nitro groups is 1. The lowest BCUT2D eigenvalue weighted by Gasteiger charge is -2.31. The molecule has 4 rings (SSSR count). The molecule has 1 N–H and O–H groups in total. The number of non-ortho nitro benzene ring substituents is 1. The molecule has 0 fully saturated rings. The molecule has 152 valence electrons. The second-order valence-electron chi connectivity index (χ2n) is 6.49. The fourth-order valence-electron chi connectivity index (χ4n) is 3.29. The zero-order valence-corrected chi connectivity index (χ0v) is 16.9. The lowest BCUT2D eigenvalue weighted by Crippen LogP contribution is -2.40. The van der Waals surface area contributed by atoms with E-state index < -0.39 is 27.4 Å². The highest BCUT2D eigenvalue weighted by Gasteiger charge is 2.35. The number of fused-ring (bicyclic) bond motifs is 3. The molecule has 0 saturated carbocycles. The molecule has 0 radical (unpaired) electrons. The fraction of sp³-hybridized carbons (Fsp3) is 0.0500. The molecule has 1 amide bonds. The van der Waals surface area contributed by atoms with Gasteiger partial charge in [-0.2, -0.15) is 0 Å². The van der Waals surface area contributed by atoms with E-state index in [1.165, 1.54) is 18.2 Å². The van der Waals surface area contributed by atoms with E-state index in [0.29, 0.717) is 16.8 Å². The Kier molecular flexibility index (Phi) is 4.92. The van der Waals surface area contributed by atoms with Crippen LogP contribution < -0.4 is 9.62 Å². The fourth-order valence-corrected chi connectivity index (χ4v) is 5.11. The number of hydrogen-bond acceptors (Lipinski definition) is 5. The standard InChI is InChI=1S/C20H14ClN3O5S/c21-16-10-9-13(24(26)27)11-17(16)22-20(25)12-23-18-7-3-1-5-14(18)15-6-2-4-8-19(15)30(23,28)29/h1-11H,12H2,(H,22,25). The number of para-hydroxylation sites is 1. The molecule has 1 aliphatic rings. The third kappa shape index (κ3) is 3.38. The maximum Gasteiger partial charge on any atom is 0.271 e. The summed E-state index contributed by atoms with van der Waals surface area (Å²) < 4.78 is 27.4. The van der Waals surface area contributed by atoms with E-state index in [9.17, 15) is 23.3 Å². The lowest BCUT2D eigenvalue weighted by molar-refractivity contribution is -0.384. The predicted octanol–water partition coefficient (Wildman–Crippen LogP) is 4.06. The van der Waals surface area contributed by atoms with Crippen LogP contribution >= 0.6 is 11.6 Å². The average Bonchev–Trinajstić information content (AvgIpc) is 2.73. The minimum absolute atomic E-state index is 0.0268. The highest BCUT2D eigenvalue weighted by molar-refractivity contribution is 7.93. The van der Waals surface area contributed by atoms with Crippen LogP contribution in [-0.4, -0.2) is 25.8 Å². The van der Waals surface area contributed by atoms with E-state index in [1.54, 1.807) is 42.5 Å². The molecule has 1 aliphatic heterocycles. The van der Waals surface area contributed by atoms with Gasteiger partial charge in [0.15, 0.2) is 0 Å². The largest absolute Gasteiger partial charge is 0.323 e. The van der Waals surface area contributed by atoms with Crippen LogP contribution in [0.5, 0.6) is 0 Å². The van der Waals surface area contributed by atoms with Crippen molar-refractivity contribution in [3.05, 3.63) is 81.9 Å². The predicted molar refractivity (Wildman–Crippen MR) is 113 cm³/mol. The zero-order chi connectivity index (χ0) is 21.5. The Labute approximate surface area is 176 Å². The van der Waals surface area contributed by atoms with Crippen molar-refractivity contribution in [3.63, 3.8) is 0 Å². The highest BCUT2D eigenvalue weighted by atomic mass is 35.5. The number of hydrogen-bond donors (Lipinski definition) is 1. The normalized spacial score (nSPS) is 13.8. The third-order valence-corrected chi connectivity index (χ3v) is 6.79. The van der Waals surface area contributed by atoms with Gasteiger partial charge in [0.2, 0.25) is 5.91 Å². The minimum Gasteiger partial charge on any atom is -0.323 e. The Bertz CT molecular complexity index is 1290. The summed E-state index contributed by atoms with van der Waals surface area (Å²) in [6.07, 6.45) is 0. The van der Waals surface area contributed by atoms with Crippen LogP contribution in [0.1, 0.15) is 0 Å². The summed E-state index contributed by atoms with van der Waals surface area (Å²) in [6.45, 7) is -0.521. The van der Waals surface area contributed by atoms with Crippen LogP contribution in [-0.2, 0) is 14.8 Å². The molecule has 0 unspecified atom stereocenters. The van der Waals surface area contributed by atoms with E-state index in [1.807, 2.05) is 0 Å². The summed E-state index contributed by atoms with van der Waals surface area (Å²) in [5.74, 6) is -0.685. The zero-order valence-electron chi connectivity index (χ0n) is 15.3. The topological polar surface area (TPSA) is 110 Å². The number of nitrogens with zero attached hydrogens (tertiary/aromatic N) is 2. The first kappa shape index (κ1) is 19.9. The van der Waals surface area contributed by atoms with Crippen molar-refractivity contribution < 1.29 is 18.1 Å². The van der Waals surface area contributed by atoms with Gasteiger partial charge in [-0.05, 0) is 18.2 Å². The number of amides is 1. The summed E-state index contributed by atoms with van der Waals surface area (Å²) in [5.41, 5.74) is 1.39. The second kappa shape index (κ2) is 7.43. The molecule has 30 heavy (non-hydrogen) atoms. The first-order chi connectivity index (χ1) is 14.3. The van der Waals surface area contributed by atoms with Crippen LogP contribution in [0.25, 0.3) is 11.1 Å². The Morgan fingerprint density at radius 1 is 1.03 bits per heavy atom. The molecule has 10 heteroatoms. The molecule has 0 aliphatic carbocycles. The molecule has 0 aromatic heterocycles. The number of rotatable bonds is 4. The van der Waals surface area contributed by atoms with Gasteiger partial charge >= 0.3 is 0 Å². The van der Waals surface area contributed by atoms with E-state index in [4.69, 9.17) is 11.6 Å². The Hall–Kier alpha value is -3.43. The van der Waals surface area contributed by atoms with Crippen molar-refractivity contribution in [2.24, 2.45) is 0 Å². The summed E-state index contributed by atoms with van der Waals surface area (Å²) in [4.78, 5) is 23.1. The molecule has 0 saturated heterocycles. The maximum atomic E-state index is 13.2. The maximum absolute atomic E-state index is 13.2. The molecule has 3 aromatic rings. The summed E-state index contributed by atoms with van der Waals surface area (Å²) in [5, 5.41) is 13.5. The highest BCUT2D eigenvalue weighted by Crippen LogP contribution is 2.42. The van der Waals surface area contributed by atoms with Crippen molar-refractivity contribution in [3.8, 4) is 11.1 Å². The molecule has 0 spiro atoms. The van der Waals surface area contributed by atoms with Gasteiger partial charge < -0.3 is 5.32 Å². The van der Waals surface area contributed by atoms with Crippen molar-refractivity contribution in [1.82, 2.24) is 0 Å². The number of halogens is 1. The number of nitrogens with one attached hydrogen (secondary N) is 1. The molecular weight excluding hydrogens is 430 g/mol. The number of nitro benzene ring substituents is 1. The minimum atomic E-state index is -3.98. The van der Waals surface area contributed by atoms with Crippen molar-refractivity contribution >= 4 is 44.6 Å². The van der Waals surface area contributed by atoms with Gasteiger partial charge in [-0.25, -0.2) is 8.42 Å². The third-order valence-electron chi connectivity index (χ3n) is 4.64. The molecule has 0 atom stereocenters. The Balaban J connectivity index is 1.69. The monoisotopic (exact) mass is 443 g/mol. The quantitative estimate of drug-likeness (QED) is 0.483. The Morgan fingerprint density at radius 3 is 2.43 bits per heavy atom. The first-order valence-corrected chi connectivity index (χ1v) is 10.6. The summed E-state index contributed by atoms with van der Waals surface area (Å²) >= 11 is 6.02. The SMILES string of the molecule is O=C(CN1c2ccccc2-c2ccccc2S1(=O)=O)Nc1cc([N+](=O)[O-])ccc1Cl. The van der Waals surface area contributed by atoms with Gasteiger partial charge in [0, 0.05) is 23.3 Å². The number of carbonyl (C=O) groups excluding carboxylic acids is 1. The molecule has 8 nitrogen and oxygen atoms in total. The number of sulfonamides is 1. The van der Waals surface area contributed by atoms with E-state index in [0.717, 1.165) is 10.4 Å². The Morgan fingerprint density at radius 2 is 1.70 bits per heavy atom. The van der Waals surface area contributed by atoms with Crippen LogP contribution in [0.2, 0.25) is 5.02 Å². The van der Waals surface area contributed by atoms with Gasteiger partial charge in [-0.1, -0.05) is 48.0 Å². The van der Waals surface area contributed by atoms with Crippen molar-refractivity contribution in [1.29, 1.82) is 0 Å².